The van der Waals surface area contributed by atoms with Gasteiger partial charge in [0.15, 0.2) is 0 Å². The number of ether oxygens (including phenoxy) is 2. The van der Waals surface area contributed by atoms with Gasteiger partial charge < -0.3 is 9.47 Å². The van der Waals surface area contributed by atoms with E-state index in [1.54, 1.807) is 13.8 Å². The number of carbonyl (C=O) groups is 2. The average Bonchev–Trinajstić information content (AvgIpc) is 2.12. The molecule has 0 rings (SSSR count). The number of hydrogen-bond donors (Lipinski definition) is 0. The minimum absolute atomic E-state index is 0.135. The molecule has 0 amide bonds. The second-order valence-electron chi connectivity index (χ2n) is 3.94. The third kappa shape index (κ3) is 7.97. The molecule has 0 saturated heterocycles. The molecule has 0 N–H and O–H groups in total. The van der Waals surface area contributed by atoms with E-state index >= 15 is 0 Å². The molecule has 0 bridgehead atoms. The van der Waals surface area contributed by atoms with Crippen LogP contribution in [0.5, 0.6) is 0 Å². The van der Waals surface area contributed by atoms with Crippen molar-refractivity contribution in [3.8, 4) is 0 Å². The fourth-order valence-corrected chi connectivity index (χ4v) is 0.952. The summed E-state index contributed by atoms with van der Waals surface area (Å²) in [4.78, 5) is 22.0. The van der Waals surface area contributed by atoms with Crippen LogP contribution >= 0.6 is 0 Å². The molecule has 0 spiro atoms. The van der Waals surface area contributed by atoms with E-state index in [2.05, 4.69) is 0 Å². The summed E-state index contributed by atoms with van der Waals surface area (Å²) in [6, 6.07) is 0. The minimum atomic E-state index is -0.369. The lowest BCUT2D eigenvalue weighted by Crippen LogP contribution is -2.22. The highest BCUT2D eigenvalue weighted by atomic mass is 16.6. The van der Waals surface area contributed by atoms with Crippen LogP contribution in [0.25, 0.3) is 0 Å². The van der Waals surface area contributed by atoms with Crippen molar-refractivity contribution in [1.82, 2.24) is 0 Å². The average molecular weight is 216 g/mol. The summed E-state index contributed by atoms with van der Waals surface area (Å²) >= 11 is 0. The smallest absolute Gasteiger partial charge is 0.306 e. The monoisotopic (exact) mass is 216 g/mol. The van der Waals surface area contributed by atoms with Crippen molar-refractivity contribution in [2.24, 2.45) is 5.92 Å². The highest BCUT2D eigenvalue weighted by molar-refractivity contribution is 5.70. The molecule has 0 aromatic rings. The van der Waals surface area contributed by atoms with E-state index in [-0.39, 0.29) is 30.6 Å². The predicted octanol–water partition coefficient (Wildman–Crippen LogP) is 1.92. The Hall–Kier alpha value is -1.06. The standard InChI is InChI=1S/C11H20O4/c1-5-10(12)14-7-9(4)15-11(13)6-8(2)3/h8-9H,5-7H2,1-4H3. The van der Waals surface area contributed by atoms with Crippen LogP contribution < -0.4 is 0 Å². The molecule has 0 radical (unpaired) electrons. The van der Waals surface area contributed by atoms with Crippen LogP contribution in [0, 0.1) is 5.92 Å². The summed E-state index contributed by atoms with van der Waals surface area (Å²) in [5.41, 5.74) is 0. The molecule has 0 aromatic carbocycles. The van der Waals surface area contributed by atoms with Crippen LogP contribution in [0.4, 0.5) is 0 Å². The molecule has 0 fully saturated rings. The van der Waals surface area contributed by atoms with E-state index in [1.165, 1.54) is 0 Å². The lowest BCUT2D eigenvalue weighted by Gasteiger charge is -2.14. The van der Waals surface area contributed by atoms with E-state index in [1.807, 2.05) is 13.8 Å². The van der Waals surface area contributed by atoms with Crippen molar-refractivity contribution < 1.29 is 19.1 Å². The van der Waals surface area contributed by atoms with Crippen LogP contribution in [0.2, 0.25) is 0 Å². The van der Waals surface area contributed by atoms with E-state index < -0.39 is 0 Å². The third-order valence-electron chi connectivity index (χ3n) is 1.68. The molecule has 0 aliphatic rings. The molecule has 0 aliphatic carbocycles. The normalized spacial score (nSPS) is 12.3. The van der Waals surface area contributed by atoms with Gasteiger partial charge in [-0.25, -0.2) is 0 Å². The second kappa shape index (κ2) is 7.26. The van der Waals surface area contributed by atoms with Gasteiger partial charge in [0.2, 0.25) is 0 Å². The molecule has 0 heterocycles. The molecular formula is C11H20O4. The van der Waals surface area contributed by atoms with Gasteiger partial charge >= 0.3 is 11.9 Å². The Bertz CT molecular complexity index is 211. The van der Waals surface area contributed by atoms with E-state index in [9.17, 15) is 9.59 Å². The van der Waals surface area contributed by atoms with Crippen LogP contribution in [-0.2, 0) is 19.1 Å². The van der Waals surface area contributed by atoms with Crippen molar-refractivity contribution in [2.75, 3.05) is 6.61 Å². The molecule has 1 unspecified atom stereocenters. The first kappa shape index (κ1) is 13.9. The Kier molecular flexibility index (Phi) is 6.75. The van der Waals surface area contributed by atoms with Crippen molar-refractivity contribution >= 4 is 11.9 Å². The molecule has 15 heavy (non-hydrogen) atoms. The van der Waals surface area contributed by atoms with Gasteiger partial charge in [0.25, 0.3) is 0 Å². The fraction of sp³-hybridized carbons (Fsp3) is 0.818. The predicted molar refractivity (Wildman–Crippen MR) is 56.3 cm³/mol. The molecule has 4 heteroatoms. The molecule has 88 valence electrons. The molecule has 4 nitrogen and oxygen atoms in total. The van der Waals surface area contributed by atoms with Crippen LogP contribution in [0.3, 0.4) is 0 Å². The van der Waals surface area contributed by atoms with Crippen molar-refractivity contribution in [3.05, 3.63) is 0 Å². The lowest BCUT2D eigenvalue weighted by molar-refractivity contribution is -0.158. The molecule has 1 atom stereocenters. The molecule has 0 aromatic heterocycles. The zero-order valence-electron chi connectivity index (χ0n) is 9.91. The summed E-state index contributed by atoms with van der Waals surface area (Å²) in [6.07, 6.45) is 0.366. The zero-order valence-corrected chi connectivity index (χ0v) is 9.91. The van der Waals surface area contributed by atoms with Gasteiger partial charge in [-0.1, -0.05) is 20.8 Å². The number of carbonyl (C=O) groups excluding carboxylic acids is 2. The fourth-order valence-electron chi connectivity index (χ4n) is 0.952. The summed E-state index contributed by atoms with van der Waals surface area (Å²) in [7, 11) is 0. The lowest BCUT2D eigenvalue weighted by atomic mass is 10.1. The van der Waals surface area contributed by atoms with Gasteiger partial charge in [-0.05, 0) is 12.8 Å². The highest BCUT2D eigenvalue weighted by Gasteiger charge is 2.12. The van der Waals surface area contributed by atoms with E-state index in [0.717, 1.165) is 0 Å². The highest BCUT2D eigenvalue weighted by Crippen LogP contribution is 2.03. The number of hydrogen-bond acceptors (Lipinski definition) is 4. The SMILES string of the molecule is CCC(=O)OCC(C)OC(=O)CC(C)C. The number of esters is 2. The van der Waals surface area contributed by atoms with Crippen LogP contribution in [-0.4, -0.2) is 24.6 Å². The zero-order chi connectivity index (χ0) is 11.8. The Balaban J connectivity index is 3.68. The van der Waals surface area contributed by atoms with Gasteiger partial charge in [0, 0.05) is 12.8 Å². The first-order valence-electron chi connectivity index (χ1n) is 5.30. The van der Waals surface area contributed by atoms with Crippen LogP contribution in [0.1, 0.15) is 40.5 Å². The summed E-state index contributed by atoms with van der Waals surface area (Å²) in [5, 5.41) is 0. The maximum Gasteiger partial charge on any atom is 0.306 e. The van der Waals surface area contributed by atoms with Crippen molar-refractivity contribution in [2.45, 2.75) is 46.6 Å². The van der Waals surface area contributed by atoms with Crippen molar-refractivity contribution in [3.63, 3.8) is 0 Å². The Morgan fingerprint density at radius 3 is 2.20 bits per heavy atom. The van der Waals surface area contributed by atoms with Gasteiger partial charge in [-0.3, -0.25) is 9.59 Å². The van der Waals surface area contributed by atoms with Gasteiger partial charge in [0.05, 0.1) is 0 Å². The van der Waals surface area contributed by atoms with Crippen LogP contribution in [0.15, 0.2) is 0 Å². The van der Waals surface area contributed by atoms with Crippen molar-refractivity contribution in [1.29, 1.82) is 0 Å². The minimum Gasteiger partial charge on any atom is -0.462 e. The van der Waals surface area contributed by atoms with E-state index in [4.69, 9.17) is 9.47 Å². The first-order chi connectivity index (χ1) is 6.95. The first-order valence-corrected chi connectivity index (χ1v) is 5.30. The maximum absolute atomic E-state index is 11.2. The van der Waals surface area contributed by atoms with Gasteiger partial charge in [-0.2, -0.15) is 0 Å². The molecular weight excluding hydrogens is 196 g/mol. The maximum atomic E-state index is 11.2. The van der Waals surface area contributed by atoms with E-state index in [0.29, 0.717) is 12.8 Å². The quantitative estimate of drug-likeness (QED) is 0.636. The topological polar surface area (TPSA) is 52.6 Å². The Morgan fingerprint density at radius 2 is 1.73 bits per heavy atom. The third-order valence-corrected chi connectivity index (χ3v) is 1.68. The Morgan fingerprint density at radius 1 is 1.13 bits per heavy atom. The van der Waals surface area contributed by atoms with Gasteiger partial charge in [-0.15, -0.1) is 0 Å². The summed E-state index contributed by atoms with van der Waals surface area (Å²) in [5.74, 6) is -0.241. The van der Waals surface area contributed by atoms with Gasteiger partial charge in [0.1, 0.15) is 12.7 Å². The largest absolute Gasteiger partial charge is 0.462 e. The summed E-state index contributed by atoms with van der Waals surface area (Å²) < 4.78 is 9.88. The summed E-state index contributed by atoms with van der Waals surface area (Å²) in [6.45, 7) is 7.46. The second-order valence-corrected chi connectivity index (χ2v) is 3.94. The molecule has 0 aliphatic heterocycles. The molecule has 0 saturated carbocycles. The number of rotatable bonds is 6. The Labute approximate surface area is 90.9 Å².